The molecule has 218 valence electrons. The predicted octanol–water partition coefficient (Wildman–Crippen LogP) is 4.98. The first-order valence-electron chi connectivity index (χ1n) is 14.5. The molecule has 0 bridgehead atoms. The first-order chi connectivity index (χ1) is 19.9. The quantitative estimate of drug-likeness (QED) is 0.412. The maximum Gasteiger partial charge on any atom is 0.241 e. The lowest BCUT2D eigenvalue weighted by Gasteiger charge is -2.48. The van der Waals surface area contributed by atoms with E-state index in [0.29, 0.717) is 24.3 Å². The number of fused-ring (bicyclic) bond motifs is 4. The number of hydrogen-bond donors (Lipinski definition) is 1. The van der Waals surface area contributed by atoms with Crippen molar-refractivity contribution in [2.24, 2.45) is 35.0 Å². The molecule has 2 aliphatic carbocycles. The highest BCUT2D eigenvalue weighted by Gasteiger charge is 2.67. The second-order valence-electron chi connectivity index (χ2n) is 13.0. The van der Waals surface area contributed by atoms with E-state index in [0.717, 1.165) is 11.1 Å². The molecule has 1 N–H and O–H groups in total. The van der Waals surface area contributed by atoms with Gasteiger partial charge in [-0.3, -0.25) is 24.1 Å². The standard InChI is InChI=1S/C34H36N2O6/c1-33(2,3)36-29(38)22-14-13-21-23(28(22)31(36)40)18-25-30(39)35(20-9-7-6-8-10-20)32(41)34(25,4)24(21)15-11-19-12-16-26(37)27(17-19)42-5/h6-13,15-17,22-25,28,37H,14,18H2,1-5H3/t22-,23+,24-,25-,28-,34-/m0/s1. The predicted molar refractivity (Wildman–Crippen MR) is 157 cm³/mol. The Morgan fingerprint density at radius 3 is 2.36 bits per heavy atom. The molecule has 0 aromatic heterocycles. The summed E-state index contributed by atoms with van der Waals surface area (Å²) in [5.41, 5.74) is 0.466. The lowest BCUT2D eigenvalue weighted by Crippen LogP contribution is -2.50. The summed E-state index contributed by atoms with van der Waals surface area (Å²) in [7, 11) is 1.48. The van der Waals surface area contributed by atoms with Gasteiger partial charge >= 0.3 is 0 Å². The molecule has 0 radical (unpaired) electrons. The van der Waals surface area contributed by atoms with E-state index in [4.69, 9.17) is 4.74 Å². The topological polar surface area (TPSA) is 104 Å². The number of anilines is 1. The van der Waals surface area contributed by atoms with Gasteiger partial charge in [0.1, 0.15) is 0 Å². The highest BCUT2D eigenvalue weighted by molar-refractivity contribution is 6.24. The molecular weight excluding hydrogens is 532 g/mol. The maximum absolute atomic E-state index is 14.3. The third-order valence-corrected chi connectivity index (χ3v) is 9.72. The summed E-state index contributed by atoms with van der Waals surface area (Å²) in [5, 5.41) is 10.1. The monoisotopic (exact) mass is 568 g/mol. The van der Waals surface area contributed by atoms with Gasteiger partial charge in [0, 0.05) is 11.5 Å². The minimum absolute atomic E-state index is 0.0170. The number of phenols is 1. The molecule has 2 aromatic rings. The number of benzene rings is 2. The second kappa shape index (κ2) is 9.68. The van der Waals surface area contributed by atoms with Crippen molar-refractivity contribution < 1.29 is 29.0 Å². The summed E-state index contributed by atoms with van der Waals surface area (Å²) in [4.78, 5) is 58.5. The first-order valence-corrected chi connectivity index (χ1v) is 14.5. The van der Waals surface area contributed by atoms with Crippen LogP contribution in [0.4, 0.5) is 5.69 Å². The molecule has 2 aromatic carbocycles. The van der Waals surface area contributed by atoms with Crippen molar-refractivity contribution in [2.75, 3.05) is 12.0 Å². The highest BCUT2D eigenvalue weighted by atomic mass is 16.5. The van der Waals surface area contributed by atoms with E-state index >= 15 is 0 Å². The number of aromatic hydroxyl groups is 1. The molecule has 2 heterocycles. The number of carbonyl (C=O) groups excluding carboxylic acids is 4. The molecule has 2 saturated heterocycles. The van der Waals surface area contributed by atoms with Gasteiger partial charge in [0.25, 0.3) is 0 Å². The van der Waals surface area contributed by atoms with Crippen LogP contribution in [0.5, 0.6) is 11.5 Å². The first kappa shape index (κ1) is 27.9. The average Bonchev–Trinajstić information content (AvgIpc) is 3.33. The van der Waals surface area contributed by atoms with Crippen LogP contribution in [0.2, 0.25) is 0 Å². The van der Waals surface area contributed by atoms with Gasteiger partial charge in [0.15, 0.2) is 11.5 Å². The zero-order valence-electron chi connectivity index (χ0n) is 24.5. The van der Waals surface area contributed by atoms with Crippen molar-refractivity contribution in [3.05, 3.63) is 71.8 Å². The minimum atomic E-state index is -1.09. The van der Waals surface area contributed by atoms with Gasteiger partial charge in [0.05, 0.1) is 36.0 Å². The molecule has 1 saturated carbocycles. The molecular formula is C34H36N2O6. The van der Waals surface area contributed by atoms with Crippen molar-refractivity contribution in [1.29, 1.82) is 0 Å². The number of allylic oxidation sites excluding steroid dienone is 3. The van der Waals surface area contributed by atoms with Crippen LogP contribution in [0.1, 0.15) is 46.1 Å². The number of rotatable bonds is 4. The average molecular weight is 569 g/mol. The van der Waals surface area contributed by atoms with Gasteiger partial charge in [-0.25, -0.2) is 4.90 Å². The summed E-state index contributed by atoms with van der Waals surface area (Å²) in [6.07, 6.45) is 6.60. The van der Waals surface area contributed by atoms with Gasteiger partial charge in [-0.1, -0.05) is 48.1 Å². The molecule has 0 spiro atoms. The molecule has 8 nitrogen and oxygen atoms in total. The third kappa shape index (κ3) is 3.95. The largest absolute Gasteiger partial charge is 0.504 e. The van der Waals surface area contributed by atoms with Crippen LogP contribution >= 0.6 is 0 Å². The fourth-order valence-corrected chi connectivity index (χ4v) is 7.71. The van der Waals surface area contributed by atoms with Crippen LogP contribution in [0.3, 0.4) is 0 Å². The Balaban J connectivity index is 1.47. The lowest BCUT2D eigenvalue weighted by atomic mass is 9.52. The molecule has 6 rings (SSSR count). The fourth-order valence-electron chi connectivity index (χ4n) is 7.71. The molecule has 6 atom stereocenters. The molecule has 4 amide bonds. The number of nitrogens with zero attached hydrogens (tertiary/aromatic N) is 2. The normalized spacial score (nSPS) is 30.9. The zero-order valence-corrected chi connectivity index (χ0v) is 24.5. The van der Waals surface area contributed by atoms with Crippen LogP contribution < -0.4 is 9.64 Å². The Labute approximate surface area is 245 Å². The van der Waals surface area contributed by atoms with E-state index in [1.54, 1.807) is 42.5 Å². The number of para-hydroxylation sites is 1. The number of carbonyl (C=O) groups is 4. The summed E-state index contributed by atoms with van der Waals surface area (Å²) < 4.78 is 5.28. The van der Waals surface area contributed by atoms with Gasteiger partial charge in [-0.2, -0.15) is 0 Å². The Morgan fingerprint density at radius 1 is 0.976 bits per heavy atom. The van der Waals surface area contributed by atoms with E-state index in [-0.39, 0.29) is 35.3 Å². The van der Waals surface area contributed by atoms with Crippen LogP contribution in [0, 0.1) is 35.0 Å². The van der Waals surface area contributed by atoms with Crippen molar-refractivity contribution in [3.63, 3.8) is 0 Å². The Bertz CT molecular complexity index is 1550. The third-order valence-electron chi connectivity index (χ3n) is 9.72. The SMILES string of the molecule is COc1cc(C=C[C@H]2C3=CC[C@@H]4C(=O)N(C(C)(C)C)C(=O)[C@@H]4[C@@H]3C[C@H]3C(=O)N(c4ccccc4)C(=O)[C@@]23C)ccc1O. The minimum Gasteiger partial charge on any atom is -0.504 e. The number of methoxy groups -OCH3 is 1. The summed E-state index contributed by atoms with van der Waals surface area (Å²) in [6.45, 7) is 7.45. The van der Waals surface area contributed by atoms with Crippen molar-refractivity contribution >= 4 is 35.4 Å². The molecule has 4 aliphatic rings. The maximum atomic E-state index is 14.3. The number of ether oxygens (including phenoxy) is 1. The number of hydrogen-bond acceptors (Lipinski definition) is 6. The number of phenolic OH excluding ortho intramolecular Hbond substituents is 1. The summed E-state index contributed by atoms with van der Waals surface area (Å²) >= 11 is 0. The summed E-state index contributed by atoms with van der Waals surface area (Å²) in [5.74, 6) is -3.10. The van der Waals surface area contributed by atoms with Crippen LogP contribution in [-0.4, -0.2) is 46.3 Å². The van der Waals surface area contributed by atoms with Crippen LogP contribution in [-0.2, 0) is 19.2 Å². The van der Waals surface area contributed by atoms with Gasteiger partial charge in [-0.15, -0.1) is 0 Å². The van der Waals surface area contributed by atoms with Crippen molar-refractivity contribution in [2.45, 2.75) is 46.1 Å². The van der Waals surface area contributed by atoms with Gasteiger partial charge in [0.2, 0.25) is 23.6 Å². The molecule has 0 unspecified atom stereocenters. The van der Waals surface area contributed by atoms with Gasteiger partial charge in [-0.05, 0) is 76.3 Å². The lowest BCUT2D eigenvalue weighted by molar-refractivity contribution is -0.145. The molecule has 2 aliphatic heterocycles. The number of amides is 4. The van der Waals surface area contributed by atoms with Gasteiger partial charge < -0.3 is 9.84 Å². The van der Waals surface area contributed by atoms with E-state index in [2.05, 4.69) is 0 Å². The molecule has 3 fully saturated rings. The van der Waals surface area contributed by atoms with Crippen LogP contribution in [0.15, 0.2) is 66.3 Å². The Morgan fingerprint density at radius 2 is 1.69 bits per heavy atom. The van der Waals surface area contributed by atoms with Crippen molar-refractivity contribution in [1.82, 2.24) is 4.90 Å². The van der Waals surface area contributed by atoms with Crippen LogP contribution in [0.25, 0.3) is 6.08 Å². The van der Waals surface area contributed by atoms with E-state index in [9.17, 15) is 24.3 Å². The Hall–Kier alpha value is -4.20. The van der Waals surface area contributed by atoms with E-state index < -0.39 is 34.6 Å². The van der Waals surface area contributed by atoms with E-state index in [1.807, 2.05) is 52.0 Å². The second-order valence-corrected chi connectivity index (χ2v) is 13.0. The number of imide groups is 2. The Kier molecular flexibility index (Phi) is 6.44. The fraction of sp³-hybridized carbons (Fsp3) is 0.412. The highest BCUT2D eigenvalue weighted by Crippen LogP contribution is 2.61. The van der Waals surface area contributed by atoms with E-state index in [1.165, 1.54) is 16.9 Å². The summed E-state index contributed by atoms with van der Waals surface area (Å²) in [6, 6.07) is 13.9. The van der Waals surface area contributed by atoms with Crippen molar-refractivity contribution in [3.8, 4) is 11.5 Å². The molecule has 42 heavy (non-hydrogen) atoms. The zero-order chi connectivity index (χ0) is 30.1. The smallest absolute Gasteiger partial charge is 0.241 e. The molecule has 8 heteroatoms. The number of likely N-dealkylation sites (tertiary alicyclic amines) is 1.